The summed E-state index contributed by atoms with van der Waals surface area (Å²) in [5.74, 6) is 0. The summed E-state index contributed by atoms with van der Waals surface area (Å²) in [4.78, 5) is 5.37. The van der Waals surface area contributed by atoms with Crippen molar-refractivity contribution in [3.05, 3.63) is 22.0 Å². The van der Waals surface area contributed by atoms with E-state index in [1.54, 1.807) is 0 Å². The van der Waals surface area contributed by atoms with Crippen LogP contribution in [0.15, 0.2) is 23.4 Å². The Labute approximate surface area is 85.1 Å². The average Bonchev–Trinajstić information content (AvgIpc) is 1.85. The molecule has 1 rings (SSSR count). The van der Waals surface area contributed by atoms with Gasteiger partial charge in [0.05, 0.1) is 0 Å². The first-order valence-corrected chi connectivity index (χ1v) is 5.41. The topological polar surface area (TPSA) is 12.9 Å². The van der Waals surface area contributed by atoms with Gasteiger partial charge in [-0.3, -0.25) is 4.98 Å². The van der Waals surface area contributed by atoms with Gasteiger partial charge in [-0.2, -0.15) is 0 Å². The summed E-state index contributed by atoms with van der Waals surface area (Å²) in [6, 6.07) is 2.15. The third kappa shape index (κ3) is 3.42. The number of thioether (sulfide) groups is 1. The van der Waals surface area contributed by atoms with Crippen LogP contribution in [0.25, 0.3) is 0 Å². The Bertz CT molecular complexity index is 237. The van der Waals surface area contributed by atoms with Gasteiger partial charge in [0.2, 0.25) is 0 Å². The zero-order valence-electron chi connectivity index (χ0n) is 6.54. The predicted octanol–water partition coefficient (Wildman–Crippen LogP) is 3.19. The monoisotopic (exact) mass is 279 g/mol. The molecule has 1 nitrogen and oxygen atoms in total. The normalized spacial score (nSPS) is 10.5. The maximum Gasteiger partial charge on any atom is 0.0404 e. The van der Waals surface area contributed by atoms with Gasteiger partial charge in [-0.25, -0.2) is 0 Å². The van der Waals surface area contributed by atoms with Gasteiger partial charge in [-0.15, -0.1) is 11.8 Å². The van der Waals surface area contributed by atoms with Crippen LogP contribution in [0.1, 0.15) is 13.8 Å². The number of pyridine rings is 1. The molecule has 1 aromatic heterocycles. The van der Waals surface area contributed by atoms with Gasteiger partial charge in [-0.05, 0) is 28.7 Å². The number of hydrogen-bond donors (Lipinski definition) is 0. The van der Waals surface area contributed by atoms with Crippen molar-refractivity contribution >= 4 is 34.4 Å². The molecule has 3 heteroatoms. The number of hydrogen-bond acceptors (Lipinski definition) is 2. The van der Waals surface area contributed by atoms with Crippen molar-refractivity contribution < 1.29 is 0 Å². The lowest BCUT2D eigenvalue weighted by atomic mass is 10.5. The lowest BCUT2D eigenvalue weighted by Gasteiger charge is -2.03. The highest BCUT2D eigenvalue weighted by Crippen LogP contribution is 2.22. The second kappa shape index (κ2) is 4.30. The van der Waals surface area contributed by atoms with Crippen LogP contribution >= 0.6 is 34.4 Å². The quantitative estimate of drug-likeness (QED) is 0.609. The zero-order chi connectivity index (χ0) is 8.27. The smallest absolute Gasteiger partial charge is 0.0404 e. The highest BCUT2D eigenvalue weighted by atomic mass is 127. The minimum Gasteiger partial charge on any atom is -0.262 e. The molecule has 0 saturated carbocycles. The standard InChI is InChI=1S/C8H10INS/c1-6(2)11-8-3-7(9)4-10-5-8/h3-6H,1-2H3. The van der Waals surface area contributed by atoms with E-state index in [-0.39, 0.29) is 0 Å². The molecule has 0 atom stereocenters. The van der Waals surface area contributed by atoms with E-state index in [9.17, 15) is 0 Å². The molecule has 0 aromatic carbocycles. The van der Waals surface area contributed by atoms with Crippen molar-refractivity contribution in [1.82, 2.24) is 4.98 Å². The molecule has 0 N–H and O–H groups in total. The van der Waals surface area contributed by atoms with Crippen molar-refractivity contribution in [2.24, 2.45) is 0 Å². The van der Waals surface area contributed by atoms with Gasteiger partial charge in [-0.1, -0.05) is 13.8 Å². The molecule has 0 amide bonds. The minimum atomic E-state index is 0.634. The number of halogens is 1. The molecule has 1 aromatic rings. The molecule has 0 unspecified atom stereocenters. The van der Waals surface area contributed by atoms with Gasteiger partial charge in [0.1, 0.15) is 0 Å². The molecular weight excluding hydrogens is 269 g/mol. The molecule has 0 bridgehead atoms. The Morgan fingerprint density at radius 1 is 1.45 bits per heavy atom. The Hall–Kier alpha value is 0.230. The van der Waals surface area contributed by atoms with E-state index in [0.717, 1.165) is 0 Å². The summed E-state index contributed by atoms with van der Waals surface area (Å²) in [7, 11) is 0. The van der Waals surface area contributed by atoms with Crippen LogP contribution in [-0.2, 0) is 0 Å². The first-order chi connectivity index (χ1) is 5.18. The SMILES string of the molecule is CC(C)Sc1cncc(I)c1. The summed E-state index contributed by atoms with van der Waals surface area (Å²) in [5, 5.41) is 0.634. The van der Waals surface area contributed by atoms with Gasteiger partial charge >= 0.3 is 0 Å². The van der Waals surface area contributed by atoms with E-state index in [2.05, 4.69) is 47.5 Å². The highest BCUT2D eigenvalue weighted by molar-refractivity contribution is 14.1. The fraction of sp³-hybridized carbons (Fsp3) is 0.375. The second-order valence-electron chi connectivity index (χ2n) is 2.51. The molecule has 0 spiro atoms. The number of rotatable bonds is 2. The lowest BCUT2D eigenvalue weighted by molar-refractivity contribution is 1.10. The summed E-state index contributed by atoms with van der Waals surface area (Å²) >= 11 is 4.12. The van der Waals surface area contributed by atoms with Crippen molar-refractivity contribution in [3.63, 3.8) is 0 Å². The lowest BCUT2D eigenvalue weighted by Crippen LogP contribution is -1.86. The maximum absolute atomic E-state index is 4.11. The summed E-state index contributed by atoms with van der Waals surface area (Å²) in [6.07, 6.45) is 3.78. The van der Waals surface area contributed by atoms with Crippen molar-refractivity contribution in [3.8, 4) is 0 Å². The second-order valence-corrected chi connectivity index (χ2v) is 5.40. The van der Waals surface area contributed by atoms with Crippen LogP contribution in [0.2, 0.25) is 0 Å². The molecule has 11 heavy (non-hydrogen) atoms. The Morgan fingerprint density at radius 2 is 2.18 bits per heavy atom. The van der Waals surface area contributed by atoms with Crippen LogP contribution in [-0.4, -0.2) is 10.2 Å². The Kier molecular flexibility index (Phi) is 3.65. The van der Waals surface area contributed by atoms with E-state index < -0.39 is 0 Å². The van der Waals surface area contributed by atoms with Crippen LogP contribution in [0, 0.1) is 3.57 Å². The number of aromatic nitrogens is 1. The summed E-state index contributed by atoms with van der Waals surface area (Å²) in [5.41, 5.74) is 0. The number of nitrogens with zero attached hydrogens (tertiary/aromatic N) is 1. The van der Waals surface area contributed by atoms with Crippen molar-refractivity contribution in [1.29, 1.82) is 0 Å². The molecule has 0 radical (unpaired) electrons. The van der Waals surface area contributed by atoms with Gasteiger partial charge in [0.15, 0.2) is 0 Å². The van der Waals surface area contributed by atoms with Crippen molar-refractivity contribution in [2.75, 3.05) is 0 Å². The third-order valence-electron chi connectivity index (χ3n) is 1.05. The molecule has 0 saturated heterocycles. The largest absolute Gasteiger partial charge is 0.262 e. The van der Waals surface area contributed by atoms with Gasteiger partial charge < -0.3 is 0 Å². The van der Waals surface area contributed by atoms with E-state index in [0.29, 0.717) is 5.25 Å². The molecule has 0 aliphatic rings. The molecule has 60 valence electrons. The van der Waals surface area contributed by atoms with Crippen LogP contribution in [0.5, 0.6) is 0 Å². The predicted molar refractivity (Wildman–Crippen MR) is 57.9 cm³/mol. The molecule has 0 fully saturated rings. The molecule has 0 aliphatic heterocycles. The zero-order valence-corrected chi connectivity index (χ0v) is 9.52. The van der Waals surface area contributed by atoms with Gasteiger partial charge in [0, 0.05) is 26.1 Å². The van der Waals surface area contributed by atoms with Gasteiger partial charge in [0.25, 0.3) is 0 Å². The highest BCUT2D eigenvalue weighted by Gasteiger charge is 1.98. The van der Waals surface area contributed by atoms with E-state index in [1.165, 1.54) is 8.47 Å². The van der Waals surface area contributed by atoms with E-state index >= 15 is 0 Å². The fourth-order valence-corrected chi connectivity index (χ4v) is 2.30. The Morgan fingerprint density at radius 3 is 2.73 bits per heavy atom. The van der Waals surface area contributed by atoms with Crippen molar-refractivity contribution in [2.45, 2.75) is 24.0 Å². The van der Waals surface area contributed by atoms with E-state index in [1.807, 2.05) is 24.2 Å². The molecule has 0 aliphatic carbocycles. The first kappa shape index (κ1) is 9.32. The summed E-state index contributed by atoms with van der Waals surface area (Å²) in [6.45, 7) is 4.37. The molecule has 1 heterocycles. The first-order valence-electron chi connectivity index (χ1n) is 3.45. The maximum atomic E-state index is 4.11. The van der Waals surface area contributed by atoms with Crippen LogP contribution in [0.3, 0.4) is 0 Å². The summed E-state index contributed by atoms with van der Waals surface area (Å²) < 4.78 is 1.20. The average molecular weight is 279 g/mol. The third-order valence-corrected chi connectivity index (χ3v) is 2.61. The molecular formula is C8H10INS. The van der Waals surface area contributed by atoms with E-state index in [4.69, 9.17) is 0 Å². The van der Waals surface area contributed by atoms with Crippen LogP contribution in [0.4, 0.5) is 0 Å². The Balaban J connectivity index is 2.71. The van der Waals surface area contributed by atoms with Crippen LogP contribution < -0.4 is 0 Å². The minimum absolute atomic E-state index is 0.634. The fourth-order valence-electron chi connectivity index (χ4n) is 0.729.